The summed E-state index contributed by atoms with van der Waals surface area (Å²) in [7, 11) is 1.98. The molecule has 1 nitrogen and oxygen atoms in total. The van der Waals surface area contributed by atoms with E-state index in [2.05, 4.69) is 5.32 Å². The van der Waals surface area contributed by atoms with E-state index >= 15 is 0 Å². The summed E-state index contributed by atoms with van der Waals surface area (Å²) in [5.74, 6) is 0.675. The summed E-state index contributed by atoms with van der Waals surface area (Å²) in [6, 6.07) is 0. The summed E-state index contributed by atoms with van der Waals surface area (Å²) in [6.07, 6.45) is 4.51. The van der Waals surface area contributed by atoms with E-state index in [0.29, 0.717) is 16.7 Å². The maximum Gasteiger partial charge on any atom is 0.0378 e. The third-order valence-corrected chi connectivity index (χ3v) is 3.54. The molecule has 72 valence electrons. The zero-order valence-corrected chi connectivity index (χ0v) is 9.04. The lowest BCUT2D eigenvalue weighted by molar-refractivity contribution is 0.347. The minimum atomic E-state index is 0.301. The third-order valence-electron chi connectivity index (χ3n) is 2.61. The monoisotopic (exact) mass is 209 g/mol. The van der Waals surface area contributed by atoms with Crippen molar-refractivity contribution in [1.29, 1.82) is 0 Å². The molecule has 0 amide bonds. The van der Waals surface area contributed by atoms with Crippen molar-refractivity contribution in [3.8, 4) is 0 Å². The lowest BCUT2D eigenvalue weighted by atomic mass is 9.86. The number of halogens is 2. The predicted octanol–water partition coefficient (Wildman–Crippen LogP) is 2.61. The van der Waals surface area contributed by atoms with E-state index in [1.165, 1.54) is 12.8 Å². The molecular formula is C9H17Cl2N. The van der Waals surface area contributed by atoms with Gasteiger partial charge in [0, 0.05) is 10.8 Å². The zero-order chi connectivity index (χ0) is 8.97. The summed E-state index contributed by atoms with van der Waals surface area (Å²) in [5, 5.41) is 3.77. The molecule has 1 aliphatic carbocycles. The van der Waals surface area contributed by atoms with Gasteiger partial charge in [0.25, 0.3) is 0 Å². The molecule has 0 heterocycles. The Morgan fingerprint density at radius 2 is 2.08 bits per heavy atom. The largest absolute Gasteiger partial charge is 0.320 e. The highest BCUT2D eigenvalue weighted by molar-refractivity contribution is 6.23. The van der Waals surface area contributed by atoms with Gasteiger partial charge in [0.1, 0.15) is 0 Å². The first-order chi connectivity index (χ1) is 5.74. The Morgan fingerprint density at radius 3 is 2.67 bits per heavy atom. The van der Waals surface area contributed by atoms with Gasteiger partial charge >= 0.3 is 0 Å². The second-order valence-electron chi connectivity index (χ2n) is 3.58. The van der Waals surface area contributed by atoms with E-state index in [1.807, 2.05) is 7.05 Å². The average molecular weight is 210 g/mol. The van der Waals surface area contributed by atoms with Gasteiger partial charge in [-0.25, -0.2) is 0 Å². The molecule has 1 saturated carbocycles. The second-order valence-corrected chi connectivity index (χ2v) is 4.76. The molecule has 1 N–H and O–H groups in total. The Balaban J connectivity index is 2.25. The zero-order valence-electron chi connectivity index (χ0n) is 7.52. The summed E-state index contributed by atoms with van der Waals surface area (Å²) in [6.45, 7) is 1.07. The van der Waals surface area contributed by atoms with Gasteiger partial charge in [0.05, 0.1) is 0 Å². The Bertz CT molecular complexity index is 128. The van der Waals surface area contributed by atoms with Gasteiger partial charge in [-0.2, -0.15) is 0 Å². The molecule has 0 aromatic carbocycles. The summed E-state index contributed by atoms with van der Waals surface area (Å²) in [4.78, 5) is 0. The highest BCUT2D eigenvalue weighted by Crippen LogP contribution is 2.33. The van der Waals surface area contributed by atoms with Crippen LogP contribution >= 0.6 is 23.2 Å². The van der Waals surface area contributed by atoms with Crippen molar-refractivity contribution in [1.82, 2.24) is 5.32 Å². The molecule has 1 rings (SSSR count). The van der Waals surface area contributed by atoms with Crippen LogP contribution in [0, 0.1) is 5.92 Å². The molecule has 3 unspecified atom stereocenters. The van der Waals surface area contributed by atoms with Crippen LogP contribution in [0.5, 0.6) is 0 Å². The van der Waals surface area contributed by atoms with Crippen LogP contribution in [0.15, 0.2) is 0 Å². The van der Waals surface area contributed by atoms with E-state index in [4.69, 9.17) is 23.2 Å². The van der Waals surface area contributed by atoms with Gasteiger partial charge in [-0.15, -0.1) is 23.2 Å². The van der Waals surface area contributed by atoms with Gasteiger partial charge in [-0.1, -0.05) is 0 Å². The van der Waals surface area contributed by atoms with E-state index in [-0.39, 0.29) is 0 Å². The van der Waals surface area contributed by atoms with Gasteiger partial charge in [-0.3, -0.25) is 0 Å². The fourth-order valence-corrected chi connectivity index (χ4v) is 2.66. The van der Waals surface area contributed by atoms with E-state index in [9.17, 15) is 0 Å². The van der Waals surface area contributed by atoms with Gasteiger partial charge in [0.15, 0.2) is 0 Å². The van der Waals surface area contributed by atoms with Crippen molar-refractivity contribution in [2.24, 2.45) is 5.92 Å². The van der Waals surface area contributed by atoms with Crippen molar-refractivity contribution in [3.05, 3.63) is 0 Å². The smallest absolute Gasteiger partial charge is 0.0378 e. The first-order valence-electron chi connectivity index (χ1n) is 4.66. The Kier molecular flexibility index (Phi) is 4.70. The van der Waals surface area contributed by atoms with Crippen LogP contribution < -0.4 is 5.32 Å². The number of hydrogen-bond donors (Lipinski definition) is 1. The number of hydrogen-bond acceptors (Lipinski definition) is 1. The minimum Gasteiger partial charge on any atom is -0.320 e. The average Bonchev–Trinajstić information content (AvgIpc) is 2.03. The molecule has 1 aliphatic rings. The van der Waals surface area contributed by atoms with Gasteiger partial charge < -0.3 is 5.32 Å². The lowest BCUT2D eigenvalue weighted by Gasteiger charge is -2.29. The Labute approximate surface area is 84.8 Å². The minimum absolute atomic E-state index is 0.301. The molecule has 0 aromatic heterocycles. The van der Waals surface area contributed by atoms with Crippen molar-refractivity contribution in [3.63, 3.8) is 0 Å². The van der Waals surface area contributed by atoms with E-state index in [1.54, 1.807) is 0 Å². The van der Waals surface area contributed by atoms with Crippen molar-refractivity contribution < 1.29 is 0 Å². The van der Waals surface area contributed by atoms with Gasteiger partial charge in [-0.05, 0) is 45.2 Å². The standard InChI is InChI=1S/C9H17Cl2N/c1-12-5-4-7-2-3-8(10)6-9(7)11/h7-9,12H,2-6H2,1H3. The molecule has 0 radical (unpaired) electrons. The van der Waals surface area contributed by atoms with Crippen molar-refractivity contribution in [2.75, 3.05) is 13.6 Å². The third kappa shape index (κ3) is 3.12. The first kappa shape index (κ1) is 10.6. The molecular weight excluding hydrogens is 193 g/mol. The SMILES string of the molecule is CNCCC1CCC(Cl)CC1Cl. The molecule has 0 aromatic rings. The first-order valence-corrected chi connectivity index (χ1v) is 5.54. The summed E-state index contributed by atoms with van der Waals surface area (Å²) >= 11 is 12.2. The second kappa shape index (κ2) is 5.31. The Hall–Kier alpha value is 0.540. The van der Waals surface area contributed by atoms with Crippen LogP contribution in [0.1, 0.15) is 25.7 Å². The van der Waals surface area contributed by atoms with E-state index in [0.717, 1.165) is 19.4 Å². The normalized spacial score (nSPS) is 36.8. The number of alkyl halides is 2. The van der Waals surface area contributed by atoms with Crippen LogP contribution in [0.3, 0.4) is 0 Å². The molecule has 3 heteroatoms. The summed E-state index contributed by atoms with van der Waals surface area (Å²) < 4.78 is 0. The van der Waals surface area contributed by atoms with E-state index < -0.39 is 0 Å². The molecule has 0 bridgehead atoms. The van der Waals surface area contributed by atoms with Crippen LogP contribution in [0.4, 0.5) is 0 Å². The van der Waals surface area contributed by atoms with Crippen LogP contribution in [-0.2, 0) is 0 Å². The van der Waals surface area contributed by atoms with Crippen LogP contribution in [-0.4, -0.2) is 24.3 Å². The van der Waals surface area contributed by atoms with Crippen molar-refractivity contribution in [2.45, 2.75) is 36.4 Å². The molecule has 3 atom stereocenters. The molecule has 12 heavy (non-hydrogen) atoms. The quantitative estimate of drug-likeness (QED) is 0.706. The fourth-order valence-electron chi connectivity index (χ4n) is 1.79. The lowest BCUT2D eigenvalue weighted by Crippen LogP contribution is -2.28. The number of rotatable bonds is 3. The molecule has 1 fully saturated rings. The predicted molar refractivity (Wildman–Crippen MR) is 55.2 cm³/mol. The van der Waals surface area contributed by atoms with Crippen LogP contribution in [0.25, 0.3) is 0 Å². The summed E-state index contributed by atoms with van der Waals surface area (Å²) in [5.41, 5.74) is 0. The van der Waals surface area contributed by atoms with Crippen LogP contribution in [0.2, 0.25) is 0 Å². The van der Waals surface area contributed by atoms with Crippen molar-refractivity contribution >= 4 is 23.2 Å². The molecule has 0 spiro atoms. The maximum absolute atomic E-state index is 6.20. The van der Waals surface area contributed by atoms with Gasteiger partial charge in [0.2, 0.25) is 0 Å². The highest BCUT2D eigenvalue weighted by atomic mass is 35.5. The fraction of sp³-hybridized carbons (Fsp3) is 1.00. The highest BCUT2D eigenvalue weighted by Gasteiger charge is 2.27. The maximum atomic E-state index is 6.20. The molecule has 0 aliphatic heterocycles. The Morgan fingerprint density at radius 1 is 1.33 bits per heavy atom. The topological polar surface area (TPSA) is 12.0 Å². The molecule has 0 saturated heterocycles. The number of nitrogens with one attached hydrogen (secondary N) is 1.